The van der Waals surface area contributed by atoms with Crippen molar-refractivity contribution in [3.8, 4) is 0 Å². The minimum atomic E-state index is -1.38. The van der Waals surface area contributed by atoms with Gasteiger partial charge >= 0.3 is 5.97 Å². The molecule has 1 unspecified atom stereocenters. The molecule has 7 heteroatoms. The van der Waals surface area contributed by atoms with E-state index in [1.807, 2.05) is 0 Å². The highest BCUT2D eigenvalue weighted by Crippen LogP contribution is 2.07. The minimum absolute atomic E-state index is 0.199. The summed E-state index contributed by atoms with van der Waals surface area (Å²) < 4.78 is 5.06. The second-order valence-electron chi connectivity index (χ2n) is 3.11. The highest BCUT2D eigenvalue weighted by molar-refractivity contribution is 9.10. The number of aliphatic hydroxyl groups is 1. The van der Waals surface area contributed by atoms with Crippen LogP contribution in [0, 0.1) is 0 Å². The van der Waals surface area contributed by atoms with Crippen LogP contribution in [0.5, 0.6) is 0 Å². The topological polar surface area (TPSA) is 88.5 Å². The van der Waals surface area contributed by atoms with Crippen molar-refractivity contribution >= 4 is 27.8 Å². The van der Waals surface area contributed by atoms with E-state index in [0.717, 1.165) is 11.6 Å². The van der Waals surface area contributed by atoms with E-state index in [1.165, 1.54) is 12.3 Å². The third-order valence-corrected chi connectivity index (χ3v) is 2.36. The summed E-state index contributed by atoms with van der Waals surface area (Å²) in [4.78, 5) is 26.2. The summed E-state index contributed by atoms with van der Waals surface area (Å²) >= 11 is 3.19. The monoisotopic (exact) mass is 302 g/mol. The Labute approximate surface area is 106 Å². The van der Waals surface area contributed by atoms with Crippen LogP contribution in [0.15, 0.2) is 22.8 Å². The fourth-order valence-electron chi connectivity index (χ4n) is 1.01. The summed E-state index contributed by atoms with van der Waals surface area (Å²) in [5.41, 5.74) is 0.199. The molecule has 1 amide bonds. The molecule has 2 N–H and O–H groups in total. The highest BCUT2D eigenvalue weighted by atomic mass is 79.9. The fraction of sp³-hybridized carbons (Fsp3) is 0.300. The molecule has 0 aliphatic heterocycles. The van der Waals surface area contributed by atoms with E-state index in [9.17, 15) is 14.7 Å². The number of nitrogens with zero attached hydrogens (tertiary/aromatic N) is 1. The van der Waals surface area contributed by atoms with Crippen molar-refractivity contribution in [1.29, 1.82) is 0 Å². The predicted octanol–water partition coefficient (Wildman–Crippen LogP) is 0.108. The summed E-state index contributed by atoms with van der Waals surface area (Å²) in [6, 6.07) is 3.18. The number of rotatable bonds is 4. The van der Waals surface area contributed by atoms with Crippen molar-refractivity contribution < 1.29 is 19.4 Å². The molecule has 0 saturated carbocycles. The standard InChI is InChI=1S/C10H11BrN2O4/c1-17-10(16)8(14)5-13-9(15)7-3-2-6(11)4-12-7/h2-4,8,14H,5H2,1H3,(H,13,15). The molecule has 1 heterocycles. The first kappa shape index (κ1) is 13.6. The van der Waals surface area contributed by atoms with Gasteiger partial charge in [0.2, 0.25) is 0 Å². The smallest absolute Gasteiger partial charge is 0.336 e. The van der Waals surface area contributed by atoms with Crippen LogP contribution in [0.1, 0.15) is 10.5 Å². The van der Waals surface area contributed by atoms with Gasteiger partial charge in [0.05, 0.1) is 13.7 Å². The molecule has 0 spiro atoms. The summed E-state index contributed by atoms with van der Waals surface area (Å²) in [6.07, 6.45) is 0.102. The SMILES string of the molecule is COC(=O)C(O)CNC(=O)c1ccc(Br)cn1. The Morgan fingerprint density at radius 3 is 2.82 bits per heavy atom. The molecule has 17 heavy (non-hydrogen) atoms. The number of aromatic nitrogens is 1. The molecule has 0 saturated heterocycles. The Bertz CT molecular complexity index is 407. The number of carbonyl (C=O) groups excluding carboxylic acids is 2. The zero-order valence-corrected chi connectivity index (χ0v) is 10.6. The van der Waals surface area contributed by atoms with Crippen LogP contribution in [0.25, 0.3) is 0 Å². The van der Waals surface area contributed by atoms with Gasteiger partial charge in [0.1, 0.15) is 5.69 Å². The molecule has 0 bridgehead atoms. The van der Waals surface area contributed by atoms with E-state index < -0.39 is 18.0 Å². The van der Waals surface area contributed by atoms with Crippen LogP contribution < -0.4 is 5.32 Å². The predicted molar refractivity (Wildman–Crippen MR) is 62.3 cm³/mol. The molecule has 1 rings (SSSR count). The molecule has 0 aliphatic rings. The number of esters is 1. The van der Waals surface area contributed by atoms with Crippen LogP contribution >= 0.6 is 15.9 Å². The van der Waals surface area contributed by atoms with E-state index >= 15 is 0 Å². The van der Waals surface area contributed by atoms with E-state index in [1.54, 1.807) is 6.07 Å². The van der Waals surface area contributed by atoms with Gasteiger partial charge in [-0.15, -0.1) is 0 Å². The largest absolute Gasteiger partial charge is 0.467 e. The Balaban J connectivity index is 2.50. The van der Waals surface area contributed by atoms with Gasteiger partial charge in [-0.3, -0.25) is 4.79 Å². The van der Waals surface area contributed by atoms with Crippen LogP contribution in [-0.4, -0.2) is 41.7 Å². The molecule has 1 atom stereocenters. The maximum absolute atomic E-state index is 11.5. The van der Waals surface area contributed by atoms with Crippen molar-refractivity contribution in [3.05, 3.63) is 28.5 Å². The van der Waals surface area contributed by atoms with Crippen LogP contribution in [0.4, 0.5) is 0 Å². The van der Waals surface area contributed by atoms with Crippen molar-refractivity contribution in [2.75, 3.05) is 13.7 Å². The third kappa shape index (κ3) is 4.12. The number of nitrogens with one attached hydrogen (secondary N) is 1. The van der Waals surface area contributed by atoms with E-state index in [-0.39, 0.29) is 12.2 Å². The quantitative estimate of drug-likeness (QED) is 0.771. The summed E-state index contributed by atoms with van der Waals surface area (Å²) in [5.74, 6) is -1.27. The number of ether oxygens (including phenoxy) is 1. The number of carbonyl (C=O) groups is 2. The lowest BCUT2D eigenvalue weighted by molar-refractivity contribution is -0.149. The van der Waals surface area contributed by atoms with Gasteiger partial charge in [-0.2, -0.15) is 0 Å². The number of hydrogen-bond donors (Lipinski definition) is 2. The molecule has 0 fully saturated rings. The first-order valence-electron chi connectivity index (χ1n) is 4.70. The second-order valence-corrected chi connectivity index (χ2v) is 4.03. The molecule has 0 radical (unpaired) electrons. The average molecular weight is 303 g/mol. The van der Waals surface area contributed by atoms with Gasteiger partial charge in [0.15, 0.2) is 6.10 Å². The molecule has 0 aliphatic carbocycles. The van der Waals surface area contributed by atoms with Gasteiger partial charge < -0.3 is 15.2 Å². The second kappa shape index (κ2) is 6.31. The summed E-state index contributed by atoms with van der Waals surface area (Å²) in [5, 5.41) is 11.6. The molecule has 1 aromatic heterocycles. The van der Waals surface area contributed by atoms with Crippen molar-refractivity contribution in [2.45, 2.75) is 6.10 Å². The van der Waals surface area contributed by atoms with Crippen LogP contribution in [-0.2, 0) is 9.53 Å². The van der Waals surface area contributed by atoms with Crippen molar-refractivity contribution in [1.82, 2.24) is 10.3 Å². The zero-order chi connectivity index (χ0) is 12.8. The maximum atomic E-state index is 11.5. The van der Waals surface area contributed by atoms with Crippen LogP contribution in [0.3, 0.4) is 0 Å². The molecular weight excluding hydrogens is 292 g/mol. The first-order valence-corrected chi connectivity index (χ1v) is 5.49. The molecule has 1 aromatic rings. The van der Waals surface area contributed by atoms with E-state index in [0.29, 0.717) is 0 Å². The average Bonchev–Trinajstić information content (AvgIpc) is 2.35. The first-order chi connectivity index (χ1) is 8.04. The van der Waals surface area contributed by atoms with Gasteiger partial charge in [-0.05, 0) is 28.1 Å². The Morgan fingerprint density at radius 1 is 1.59 bits per heavy atom. The Hall–Kier alpha value is -1.47. The Morgan fingerprint density at radius 2 is 2.29 bits per heavy atom. The fourth-order valence-corrected chi connectivity index (χ4v) is 1.24. The third-order valence-electron chi connectivity index (χ3n) is 1.89. The lowest BCUT2D eigenvalue weighted by atomic mass is 10.3. The zero-order valence-electron chi connectivity index (χ0n) is 9.01. The summed E-state index contributed by atoms with van der Waals surface area (Å²) in [7, 11) is 1.16. The molecular formula is C10H11BrN2O4. The Kier molecular flexibility index (Phi) is 5.05. The number of hydrogen-bond acceptors (Lipinski definition) is 5. The minimum Gasteiger partial charge on any atom is -0.467 e. The van der Waals surface area contributed by atoms with Gasteiger partial charge in [0.25, 0.3) is 5.91 Å². The number of methoxy groups -OCH3 is 1. The number of aliphatic hydroxyl groups excluding tert-OH is 1. The number of amides is 1. The van der Waals surface area contributed by atoms with E-state index in [2.05, 4.69) is 31.0 Å². The molecule has 0 aromatic carbocycles. The highest BCUT2D eigenvalue weighted by Gasteiger charge is 2.16. The molecule has 6 nitrogen and oxygen atoms in total. The number of pyridine rings is 1. The molecule has 92 valence electrons. The van der Waals surface area contributed by atoms with Crippen molar-refractivity contribution in [3.63, 3.8) is 0 Å². The lowest BCUT2D eigenvalue weighted by Crippen LogP contribution is -2.37. The van der Waals surface area contributed by atoms with E-state index in [4.69, 9.17) is 0 Å². The number of halogens is 1. The van der Waals surface area contributed by atoms with Gasteiger partial charge in [0, 0.05) is 10.7 Å². The lowest BCUT2D eigenvalue weighted by Gasteiger charge is -2.09. The van der Waals surface area contributed by atoms with Crippen molar-refractivity contribution in [2.24, 2.45) is 0 Å². The van der Waals surface area contributed by atoms with Crippen LogP contribution in [0.2, 0.25) is 0 Å². The normalized spacial score (nSPS) is 11.7. The maximum Gasteiger partial charge on any atom is 0.336 e. The van der Waals surface area contributed by atoms with Gasteiger partial charge in [-0.1, -0.05) is 0 Å². The summed E-state index contributed by atoms with van der Waals surface area (Å²) in [6.45, 7) is -0.219. The van der Waals surface area contributed by atoms with Gasteiger partial charge in [-0.25, -0.2) is 9.78 Å².